The van der Waals surface area contributed by atoms with Gasteiger partial charge < -0.3 is 10.3 Å². The summed E-state index contributed by atoms with van der Waals surface area (Å²) in [6.45, 7) is 0. The molecule has 0 fully saturated rings. The third kappa shape index (κ3) is 1.18. The quantitative estimate of drug-likeness (QED) is 0.498. The number of nitrogens with zero attached hydrogens (tertiary/aromatic N) is 1. The predicted molar refractivity (Wildman–Crippen MR) is 53.9 cm³/mol. The number of hydrogen-bond acceptors (Lipinski definition) is 1. The van der Waals surface area contributed by atoms with Gasteiger partial charge in [0.1, 0.15) is 5.84 Å². The molecule has 2 rings (SSSR count). The molecule has 0 radical (unpaired) electrons. The van der Waals surface area contributed by atoms with Crippen LogP contribution in [0.4, 0.5) is 0 Å². The smallest absolute Gasteiger partial charge is 0.122 e. The number of nitrogens with two attached hydrogens (primary N) is 1. The van der Waals surface area contributed by atoms with Crippen molar-refractivity contribution in [1.29, 1.82) is 5.41 Å². The normalized spacial score (nSPS) is 10.5. The zero-order valence-electron chi connectivity index (χ0n) is 7.41. The third-order valence-corrected chi connectivity index (χ3v) is 2.20. The van der Waals surface area contributed by atoms with Crippen molar-refractivity contribution < 1.29 is 0 Å². The molecule has 13 heavy (non-hydrogen) atoms. The Balaban J connectivity index is 2.72. The Bertz CT molecular complexity index is 468. The Morgan fingerprint density at radius 1 is 1.38 bits per heavy atom. The number of aromatic nitrogens is 1. The number of fused-ring (bicyclic) bond motifs is 1. The number of amidine groups is 1. The van der Waals surface area contributed by atoms with Crippen molar-refractivity contribution in [2.75, 3.05) is 0 Å². The number of hydrogen-bond donors (Lipinski definition) is 2. The fourth-order valence-corrected chi connectivity index (χ4v) is 1.43. The molecule has 0 spiro atoms. The van der Waals surface area contributed by atoms with Gasteiger partial charge in [-0.1, -0.05) is 12.1 Å². The highest BCUT2D eigenvalue weighted by atomic mass is 14.9. The van der Waals surface area contributed by atoms with Gasteiger partial charge in [0.15, 0.2) is 0 Å². The molecule has 0 bridgehead atoms. The molecule has 1 heterocycles. The molecule has 0 amide bonds. The van der Waals surface area contributed by atoms with Gasteiger partial charge in [0.05, 0.1) is 0 Å². The monoisotopic (exact) mass is 173 g/mol. The highest BCUT2D eigenvalue weighted by Gasteiger charge is 2.00. The maximum absolute atomic E-state index is 7.30. The van der Waals surface area contributed by atoms with Crippen molar-refractivity contribution in [3.8, 4) is 0 Å². The predicted octanol–water partition coefficient (Wildman–Crippen LogP) is 1.46. The summed E-state index contributed by atoms with van der Waals surface area (Å²) in [5.41, 5.74) is 7.27. The summed E-state index contributed by atoms with van der Waals surface area (Å²) in [7, 11) is 1.98. The molecule has 0 aliphatic rings. The van der Waals surface area contributed by atoms with E-state index in [9.17, 15) is 0 Å². The van der Waals surface area contributed by atoms with Crippen LogP contribution in [0.15, 0.2) is 30.5 Å². The molecule has 0 saturated heterocycles. The molecule has 3 nitrogen and oxygen atoms in total. The summed E-state index contributed by atoms with van der Waals surface area (Å²) < 4.78 is 2.02. The lowest BCUT2D eigenvalue weighted by molar-refractivity contribution is 0.969. The van der Waals surface area contributed by atoms with Gasteiger partial charge in [-0.05, 0) is 17.5 Å². The summed E-state index contributed by atoms with van der Waals surface area (Å²) in [4.78, 5) is 0. The Hall–Kier alpha value is -1.77. The van der Waals surface area contributed by atoms with Gasteiger partial charge in [-0.15, -0.1) is 0 Å². The van der Waals surface area contributed by atoms with E-state index in [2.05, 4.69) is 0 Å². The number of aryl methyl sites for hydroxylation is 1. The van der Waals surface area contributed by atoms with Crippen LogP contribution in [0.1, 0.15) is 5.56 Å². The molecular formula is C10H11N3. The van der Waals surface area contributed by atoms with E-state index >= 15 is 0 Å². The SMILES string of the molecule is Cn1ccc2ccc(C(=N)N)cc21. The second-order valence-corrected chi connectivity index (χ2v) is 3.11. The van der Waals surface area contributed by atoms with Crippen molar-refractivity contribution >= 4 is 16.7 Å². The lowest BCUT2D eigenvalue weighted by Crippen LogP contribution is -2.10. The molecule has 0 unspecified atom stereocenters. The molecule has 2 aromatic rings. The van der Waals surface area contributed by atoms with Crippen LogP contribution in [0.3, 0.4) is 0 Å². The van der Waals surface area contributed by atoms with Crippen molar-refractivity contribution in [2.45, 2.75) is 0 Å². The van der Waals surface area contributed by atoms with Crippen molar-refractivity contribution in [3.63, 3.8) is 0 Å². The standard InChI is InChI=1S/C10H11N3/c1-13-5-4-7-2-3-8(10(11)12)6-9(7)13/h2-6H,1H3,(H3,11,12). The fourth-order valence-electron chi connectivity index (χ4n) is 1.43. The number of rotatable bonds is 1. The van der Waals surface area contributed by atoms with E-state index in [-0.39, 0.29) is 5.84 Å². The van der Waals surface area contributed by atoms with Gasteiger partial charge in [0.2, 0.25) is 0 Å². The maximum atomic E-state index is 7.30. The van der Waals surface area contributed by atoms with E-state index in [1.165, 1.54) is 5.39 Å². The Morgan fingerprint density at radius 3 is 2.85 bits per heavy atom. The van der Waals surface area contributed by atoms with Crippen molar-refractivity contribution in [3.05, 3.63) is 36.0 Å². The number of benzene rings is 1. The first kappa shape index (κ1) is 7.86. The lowest BCUT2D eigenvalue weighted by atomic mass is 10.1. The van der Waals surface area contributed by atoms with Crippen LogP contribution in [0.5, 0.6) is 0 Å². The zero-order valence-corrected chi connectivity index (χ0v) is 7.41. The van der Waals surface area contributed by atoms with Gasteiger partial charge >= 0.3 is 0 Å². The minimum absolute atomic E-state index is 0.114. The molecule has 0 aliphatic carbocycles. The fraction of sp³-hybridized carbons (Fsp3) is 0.100. The topological polar surface area (TPSA) is 54.8 Å². The van der Waals surface area contributed by atoms with E-state index in [1.54, 1.807) is 0 Å². The Kier molecular flexibility index (Phi) is 1.59. The van der Waals surface area contributed by atoms with Crippen molar-refractivity contribution in [2.24, 2.45) is 12.8 Å². The Labute approximate surface area is 76.3 Å². The maximum Gasteiger partial charge on any atom is 0.122 e. The van der Waals surface area contributed by atoms with E-state index < -0.39 is 0 Å². The summed E-state index contributed by atoms with van der Waals surface area (Å²) >= 11 is 0. The molecule has 66 valence electrons. The molecule has 3 heteroatoms. The highest BCUT2D eigenvalue weighted by molar-refractivity contribution is 5.98. The molecule has 1 aromatic carbocycles. The molecule has 1 aromatic heterocycles. The summed E-state index contributed by atoms with van der Waals surface area (Å²) in [6, 6.07) is 7.81. The highest BCUT2D eigenvalue weighted by Crippen LogP contribution is 2.15. The van der Waals surface area contributed by atoms with Gasteiger partial charge in [-0.3, -0.25) is 5.41 Å². The van der Waals surface area contributed by atoms with Gasteiger partial charge in [0, 0.05) is 24.3 Å². The van der Waals surface area contributed by atoms with Crippen LogP contribution >= 0.6 is 0 Å². The third-order valence-electron chi connectivity index (χ3n) is 2.20. The minimum atomic E-state index is 0.114. The van der Waals surface area contributed by atoms with E-state index in [0.29, 0.717) is 0 Å². The average molecular weight is 173 g/mol. The van der Waals surface area contributed by atoms with Crippen LogP contribution < -0.4 is 5.73 Å². The molecule has 0 atom stereocenters. The Morgan fingerprint density at radius 2 is 2.15 bits per heavy atom. The minimum Gasteiger partial charge on any atom is -0.384 e. The van der Waals surface area contributed by atoms with E-state index in [0.717, 1.165) is 11.1 Å². The van der Waals surface area contributed by atoms with E-state index in [1.807, 2.05) is 42.1 Å². The number of nitrogen functional groups attached to an aromatic ring is 1. The first-order chi connectivity index (χ1) is 6.18. The van der Waals surface area contributed by atoms with Crippen LogP contribution in [0.25, 0.3) is 10.9 Å². The lowest BCUT2D eigenvalue weighted by Gasteiger charge is -2.00. The van der Waals surface area contributed by atoms with E-state index in [4.69, 9.17) is 11.1 Å². The van der Waals surface area contributed by atoms with Crippen LogP contribution in [0, 0.1) is 5.41 Å². The van der Waals surface area contributed by atoms with Crippen molar-refractivity contribution in [1.82, 2.24) is 4.57 Å². The van der Waals surface area contributed by atoms with Crippen LogP contribution in [-0.4, -0.2) is 10.4 Å². The van der Waals surface area contributed by atoms with Crippen LogP contribution in [-0.2, 0) is 7.05 Å². The first-order valence-electron chi connectivity index (χ1n) is 4.08. The van der Waals surface area contributed by atoms with Gasteiger partial charge in [-0.25, -0.2) is 0 Å². The van der Waals surface area contributed by atoms with Gasteiger partial charge in [0.25, 0.3) is 0 Å². The largest absolute Gasteiger partial charge is 0.384 e. The second kappa shape index (κ2) is 2.62. The molecule has 0 saturated carbocycles. The summed E-state index contributed by atoms with van der Waals surface area (Å²) in [5, 5.41) is 8.48. The summed E-state index contributed by atoms with van der Waals surface area (Å²) in [6.07, 6.45) is 1.99. The average Bonchev–Trinajstić information content (AvgIpc) is 2.47. The molecular weight excluding hydrogens is 162 g/mol. The van der Waals surface area contributed by atoms with Gasteiger partial charge in [-0.2, -0.15) is 0 Å². The second-order valence-electron chi connectivity index (χ2n) is 3.11. The summed E-state index contributed by atoms with van der Waals surface area (Å²) in [5.74, 6) is 0.114. The zero-order chi connectivity index (χ0) is 9.42. The first-order valence-corrected chi connectivity index (χ1v) is 4.08. The number of nitrogens with one attached hydrogen (secondary N) is 1. The molecule has 3 N–H and O–H groups in total. The van der Waals surface area contributed by atoms with Crippen LogP contribution in [0.2, 0.25) is 0 Å². The molecule has 0 aliphatic heterocycles.